The third kappa shape index (κ3) is 9.78. The Balaban J connectivity index is 1.19. The second-order valence-corrected chi connectivity index (χ2v) is 15.6. The van der Waals surface area contributed by atoms with Crippen LogP contribution in [0.15, 0.2) is 176 Å². The van der Waals surface area contributed by atoms with E-state index < -0.39 is 30.2 Å². The first-order valence-electron chi connectivity index (χ1n) is 19.7. The van der Waals surface area contributed by atoms with Crippen LogP contribution in [-0.2, 0) is 68.7 Å². The van der Waals surface area contributed by atoms with Crippen LogP contribution in [-0.4, -0.2) is 36.1 Å². The van der Waals surface area contributed by atoms with Crippen LogP contribution in [0, 0.1) is 0 Å². The molecule has 7 aromatic rings. The summed E-state index contributed by atoms with van der Waals surface area (Å²) in [4.78, 5) is 0.644. The molecule has 1 fully saturated rings. The number of rotatable bonds is 17. The van der Waals surface area contributed by atoms with Crippen LogP contribution < -0.4 is 0 Å². The normalized spacial score (nSPS) is 20.8. The maximum Gasteiger partial charge on any atom is 0.232 e. The van der Waals surface area contributed by atoms with Gasteiger partial charge in [0.05, 0.1) is 37.9 Å². The van der Waals surface area contributed by atoms with Crippen molar-refractivity contribution in [2.24, 2.45) is 0 Å². The van der Waals surface area contributed by atoms with E-state index in [0.717, 1.165) is 45.2 Å². The largest absolute Gasteiger partial charge is 0.374 e. The van der Waals surface area contributed by atoms with E-state index in [-0.39, 0.29) is 19.8 Å². The zero-order valence-electron chi connectivity index (χ0n) is 31.9. The van der Waals surface area contributed by atoms with Gasteiger partial charge < -0.3 is 28.8 Å². The van der Waals surface area contributed by atoms with E-state index >= 15 is 0 Å². The fourth-order valence-electron chi connectivity index (χ4n) is 7.49. The van der Waals surface area contributed by atoms with Crippen molar-refractivity contribution in [3.05, 3.63) is 214 Å². The topological polar surface area (TPSA) is 66.4 Å². The van der Waals surface area contributed by atoms with Crippen LogP contribution in [0.25, 0.3) is 10.1 Å². The first-order chi connectivity index (χ1) is 28.1. The first-order valence-corrected chi connectivity index (χ1v) is 20.5. The molecule has 1 aromatic heterocycles. The predicted octanol–water partition coefficient (Wildman–Crippen LogP) is 10.2. The van der Waals surface area contributed by atoms with Crippen LogP contribution >= 0.6 is 11.3 Å². The number of aliphatic hydroxyl groups is 1. The average molecular weight is 777 g/mol. The molecule has 0 bridgehead atoms. The standard InChI is InChI=1S/C50H48O6S/c51-50(46-31-43-42(27-16-28-45(43)57-46)30-29-37-17-6-1-7-18-37)49(55-35-41-25-14-5-15-26-41)48(54-34-40-23-12-4-13-24-40)47(53-33-39-21-10-3-11-22-39)44(56-50)36-52-32-38-19-8-2-9-20-38/h1-28,31,44,47-49,51H,29-30,32-36H2/t44-,47-,48+,49-,50+/m1/s1. The van der Waals surface area contributed by atoms with Gasteiger partial charge in [0.1, 0.15) is 24.4 Å². The molecule has 0 unspecified atom stereocenters. The molecule has 0 saturated carbocycles. The molecule has 1 aliphatic rings. The van der Waals surface area contributed by atoms with Gasteiger partial charge in [0.25, 0.3) is 0 Å². The third-order valence-electron chi connectivity index (χ3n) is 10.5. The van der Waals surface area contributed by atoms with E-state index in [2.05, 4.69) is 48.5 Å². The fourth-order valence-corrected chi connectivity index (χ4v) is 8.66. The van der Waals surface area contributed by atoms with Crippen LogP contribution in [0.1, 0.15) is 38.3 Å². The summed E-state index contributed by atoms with van der Waals surface area (Å²) in [7, 11) is 0. The van der Waals surface area contributed by atoms with Crippen LogP contribution in [0.2, 0.25) is 0 Å². The number of benzene rings is 6. The van der Waals surface area contributed by atoms with Gasteiger partial charge >= 0.3 is 0 Å². The lowest BCUT2D eigenvalue weighted by Crippen LogP contribution is -2.65. The maximum absolute atomic E-state index is 13.3. The maximum atomic E-state index is 13.3. The molecule has 290 valence electrons. The quantitative estimate of drug-likeness (QED) is 0.0994. The zero-order chi connectivity index (χ0) is 38.7. The molecule has 1 aliphatic heterocycles. The summed E-state index contributed by atoms with van der Waals surface area (Å²) in [6.45, 7) is 1.36. The van der Waals surface area contributed by atoms with Crippen molar-refractivity contribution in [3.8, 4) is 0 Å². The van der Waals surface area contributed by atoms with Crippen molar-refractivity contribution in [2.75, 3.05) is 6.61 Å². The molecule has 6 aromatic carbocycles. The van der Waals surface area contributed by atoms with Crippen molar-refractivity contribution < 1.29 is 28.8 Å². The number of ether oxygens (including phenoxy) is 5. The average Bonchev–Trinajstić information content (AvgIpc) is 3.72. The highest BCUT2D eigenvalue weighted by atomic mass is 32.1. The second kappa shape index (κ2) is 19.0. The van der Waals surface area contributed by atoms with Gasteiger partial charge in [0.2, 0.25) is 5.79 Å². The molecule has 0 radical (unpaired) electrons. The molecule has 2 heterocycles. The summed E-state index contributed by atoms with van der Waals surface area (Å²) in [6.07, 6.45) is -1.36. The number of fused-ring (bicyclic) bond motifs is 1. The van der Waals surface area contributed by atoms with Gasteiger partial charge in [-0.1, -0.05) is 164 Å². The lowest BCUT2D eigenvalue weighted by atomic mass is 9.90. The Bertz CT molecular complexity index is 2250. The highest BCUT2D eigenvalue weighted by Gasteiger charge is 2.58. The first kappa shape index (κ1) is 38.9. The smallest absolute Gasteiger partial charge is 0.232 e. The van der Waals surface area contributed by atoms with E-state index in [1.165, 1.54) is 22.5 Å². The lowest BCUT2D eigenvalue weighted by molar-refractivity contribution is -0.377. The van der Waals surface area contributed by atoms with Gasteiger partial charge in [0.15, 0.2) is 0 Å². The van der Waals surface area contributed by atoms with E-state index in [1.807, 2.05) is 127 Å². The van der Waals surface area contributed by atoms with Crippen LogP contribution in [0.5, 0.6) is 0 Å². The molecular weight excluding hydrogens is 729 g/mol. The number of hydrogen-bond acceptors (Lipinski definition) is 7. The predicted molar refractivity (Wildman–Crippen MR) is 226 cm³/mol. The summed E-state index contributed by atoms with van der Waals surface area (Å²) in [6, 6.07) is 59.2. The van der Waals surface area contributed by atoms with Crippen molar-refractivity contribution >= 4 is 21.4 Å². The van der Waals surface area contributed by atoms with Crippen molar-refractivity contribution in [1.82, 2.24) is 0 Å². The SMILES string of the molecule is O[C@@]1(c2cc3c(CCc4ccccc4)cccc3s2)O[C@H](COCc2ccccc2)[C@@H](OCc2ccccc2)[C@H](OCc2ccccc2)[C@H]1OCc1ccccc1. The van der Waals surface area contributed by atoms with Gasteiger partial charge in [-0.25, -0.2) is 0 Å². The molecule has 1 saturated heterocycles. The molecule has 5 atom stereocenters. The summed E-state index contributed by atoms with van der Waals surface area (Å²) in [5, 5.41) is 14.4. The Morgan fingerprint density at radius 2 is 1.00 bits per heavy atom. The molecule has 0 spiro atoms. The van der Waals surface area contributed by atoms with Gasteiger partial charge in [-0.2, -0.15) is 0 Å². The molecule has 8 rings (SSSR count). The molecule has 6 nitrogen and oxygen atoms in total. The van der Waals surface area contributed by atoms with Crippen LogP contribution in [0.3, 0.4) is 0 Å². The minimum Gasteiger partial charge on any atom is -0.374 e. The summed E-state index contributed by atoms with van der Waals surface area (Å²) in [5.41, 5.74) is 6.52. The Kier molecular flexibility index (Phi) is 13.0. The summed E-state index contributed by atoms with van der Waals surface area (Å²) in [5.74, 6) is -1.91. The Morgan fingerprint density at radius 3 is 1.56 bits per heavy atom. The summed E-state index contributed by atoms with van der Waals surface area (Å²) < 4.78 is 35.1. The minimum absolute atomic E-state index is 0.153. The Labute approximate surface area is 339 Å². The number of aryl methyl sites for hydroxylation is 2. The minimum atomic E-state index is -1.91. The number of thiophene rings is 1. The molecule has 0 amide bonds. The monoisotopic (exact) mass is 776 g/mol. The van der Waals surface area contributed by atoms with E-state index in [4.69, 9.17) is 23.7 Å². The third-order valence-corrected chi connectivity index (χ3v) is 11.7. The molecule has 57 heavy (non-hydrogen) atoms. The van der Waals surface area contributed by atoms with Crippen molar-refractivity contribution in [1.29, 1.82) is 0 Å². The molecule has 7 heteroatoms. The van der Waals surface area contributed by atoms with Crippen molar-refractivity contribution in [2.45, 2.75) is 69.5 Å². The zero-order valence-corrected chi connectivity index (χ0v) is 32.7. The second-order valence-electron chi connectivity index (χ2n) is 14.5. The molecular formula is C50H48O6S. The highest BCUT2D eigenvalue weighted by molar-refractivity contribution is 7.19. The van der Waals surface area contributed by atoms with E-state index in [9.17, 15) is 5.11 Å². The summed E-state index contributed by atoms with van der Waals surface area (Å²) >= 11 is 1.52. The van der Waals surface area contributed by atoms with Crippen molar-refractivity contribution in [3.63, 3.8) is 0 Å². The van der Waals surface area contributed by atoms with Gasteiger partial charge in [-0.05, 0) is 63.7 Å². The van der Waals surface area contributed by atoms with Gasteiger partial charge in [0, 0.05) is 4.70 Å². The molecule has 1 N–H and O–H groups in total. The molecule has 0 aliphatic carbocycles. The lowest BCUT2D eigenvalue weighted by Gasteiger charge is -2.50. The fraction of sp³-hybridized carbons (Fsp3) is 0.240. The van der Waals surface area contributed by atoms with E-state index in [1.54, 1.807) is 0 Å². The van der Waals surface area contributed by atoms with Crippen LogP contribution in [0.4, 0.5) is 0 Å². The Morgan fingerprint density at radius 1 is 0.509 bits per heavy atom. The van der Waals surface area contributed by atoms with Gasteiger partial charge in [-0.3, -0.25) is 0 Å². The Hall–Kier alpha value is -4.96. The van der Waals surface area contributed by atoms with Gasteiger partial charge in [-0.15, -0.1) is 11.3 Å². The van der Waals surface area contributed by atoms with E-state index in [0.29, 0.717) is 18.1 Å². The number of hydrogen-bond donors (Lipinski definition) is 1. The highest BCUT2D eigenvalue weighted by Crippen LogP contribution is 2.46.